The molecule has 4 nitrogen and oxygen atoms in total. The summed E-state index contributed by atoms with van der Waals surface area (Å²) in [5.41, 5.74) is 1.48. The summed E-state index contributed by atoms with van der Waals surface area (Å²) in [4.78, 5) is 22.5. The molecule has 0 saturated heterocycles. The summed E-state index contributed by atoms with van der Waals surface area (Å²) in [5, 5.41) is 11.4. The van der Waals surface area contributed by atoms with Crippen LogP contribution in [0.25, 0.3) is 0 Å². The number of carboxylic acids is 1. The van der Waals surface area contributed by atoms with Crippen molar-refractivity contribution in [2.75, 3.05) is 0 Å². The monoisotopic (exact) mass is 235 g/mol. The summed E-state index contributed by atoms with van der Waals surface area (Å²) >= 11 is 0. The van der Waals surface area contributed by atoms with Crippen LogP contribution in [0.2, 0.25) is 0 Å². The molecule has 0 saturated carbocycles. The summed E-state index contributed by atoms with van der Waals surface area (Å²) in [6.07, 6.45) is 0.554. The van der Waals surface area contributed by atoms with Crippen molar-refractivity contribution in [1.82, 2.24) is 5.32 Å². The Kier molecular flexibility index (Phi) is 4.69. The van der Waals surface area contributed by atoms with Gasteiger partial charge in [-0.1, -0.05) is 25.1 Å². The number of aliphatic carboxylic acids is 1. The van der Waals surface area contributed by atoms with Crippen LogP contribution in [0.5, 0.6) is 0 Å². The van der Waals surface area contributed by atoms with Gasteiger partial charge in [0.1, 0.15) is 0 Å². The molecule has 1 atom stereocenters. The fraction of sp³-hybridized carbons (Fsp3) is 0.385. The first-order chi connectivity index (χ1) is 8.04. The zero-order valence-corrected chi connectivity index (χ0v) is 10.1. The number of amides is 1. The second-order valence-electron chi connectivity index (χ2n) is 3.99. The Labute approximate surface area is 101 Å². The van der Waals surface area contributed by atoms with E-state index in [9.17, 15) is 9.59 Å². The first-order valence-electron chi connectivity index (χ1n) is 5.63. The molecule has 0 spiro atoms. The molecule has 0 radical (unpaired) electrons. The SMILES string of the molecule is CCC(CC(=O)O)NC(=O)c1ccccc1C. The van der Waals surface area contributed by atoms with E-state index in [1.807, 2.05) is 26.0 Å². The molecule has 0 aromatic heterocycles. The topological polar surface area (TPSA) is 66.4 Å². The average Bonchev–Trinajstić information content (AvgIpc) is 2.27. The van der Waals surface area contributed by atoms with Gasteiger partial charge in [-0.15, -0.1) is 0 Å². The van der Waals surface area contributed by atoms with Crippen molar-refractivity contribution in [3.8, 4) is 0 Å². The van der Waals surface area contributed by atoms with E-state index in [0.29, 0.717) is 12.0 Å². The van der Waals surface area contributed by atoms with Crippen molar-refractivity contribution in [2.45, 2.75) is 32.7 Å². The van der Waals surface area contributed by atoms with Gasteiger partial charge in [0.25, 0.3) is 5.91 Å². The lowest BCUT2D eigenvalue weighted by Crippen LogP contribution is -2.36. The molecule has 0 aliphatic heterocycles. The second-order valence-corrected chi connectivity index (χ2v) is 3.99. The minimum atomic E-state index is -0.901. The zero-order chi connectivity index (χ0) is 12.8. The number of carbonyl (C=O) groups excluding carboxylic acids is 1. The second kappa shape index (κ2) is 6.03. The zero-order valence-electron chi connectivity index (χ0n) is 10.1. The molecule has 1 unspecified atom stereocenters. The van der Waals surface area contributed by atoms with Crippen LogP contribution in [0, 0.1) is 6.92 Å². The summed E-state index contributed by atoms with van der Waals surface area (Å²) in [6, 6.07) is 6.92. The summed E-state index contributed by atoms with van der Waals surface area (Å²) in [7, 11) is 0. The molecule has 1 rings (SSSR count). The predicted octanol–water partition coefficient (Wildman–Crippen LogP) is 1.98. The van der Waals surface area contributed by atoms with E-state index in [1.165, 1.54) is 0 Å². The molecule has 92 valence electrons. The van der Waals surface area contributed by atoms with Crippen LogP contribution in [-0.2, 0) is 4.79 Å². The maximum atomic E-state index is 11.9. The summed E-state index contributed by atoms with van der Waals surface area (Å²) < 4.78 is 0. The van der Waals surface area contributed by atoms with Crippen molar-refractivity contribution >= 4 is 11.9 Å². The van der Waals surface area contributed by atoms with Gasteiger partial charge in [0.05, 0.1) is 6.42 Å². The van der Waals surface area contributed by atoms with E-state index < -0.39 is 5.97 Å². The number of rotatable bonds is 5. The van der Waals surface area contributed by atoms with Crippen LogP contribution in [0.1, 0.15) is 35.7 Å². The number of hydrogen-bond acceptors (Lipinski definition) is 2. The first kappa shape index (κ1) is 13.2. The molecule has 0 aliphatic carbocycles. The van der Waals surface area contributed by atoms with Gasteiger partial charge in [-0.25, -0.2) is 0 Å². The van der Waals surface area contributed by atoms with Crippen molar-refractivity contribution in [1.29, 1.82) is 0 Å². The van der Waals surface area contributed by atoms with Gasteiger partial charge in [0.15, 0.2) is 0 Å². The number of benzene rings is 1. The van der Waals surface area contributed by atoms with Crippen LogP contribution in [0.4, 0.5) is 0 Å². The van der Waals surface area contributed by atoms with Gasteiger partial charge in [-0.2, -0.15) is 0 Å². The fourth-order valence-electron chi connectivity index (χ4n) is 1.60. The van der Waals surface area contributed by atoms with Crippen molar-refractivity contribution < 1.29 is 14.7 Å². The number of hydrogen-bond donors (Lipinski definition) is 2. The number of nitrogens with one attached hydrogen (secondary N) is 1. The highest BCUT2D eigenvalue weighted by molar-refractivity contribution is 5.95. The molecule has 17 heavy (non-hydrogen) atoms. The highest BCUT2D eigenvalue weighted by atomic mass is 16.4. The molecule has 0 aliphatic rings. The van der Waals surface area contributed by atoms with Gasteiger partial charge in [-0.3, -0.25) is 9.59 Å². The number of carbonyl (C=O) groups is 2. The molecule has 2 N–H and O–H groups in total. The highest BCUT2D eigenvalue weighted by Gasteiger charge is 2.15. The van der Waals surface area contributed by atoms with Crippen LogP contribution in [-0.4, -0.2) is 23.0 Å². The Morgan fingerprint density at radius 1 is 1.35 bits per heavy atom. The lowest BCUT2D eigenvalue weighted by Gasteiger charge is -2.15. The Morgan fingerprint density at radius 2 is 2.00 bits per heavy atom. The maximum Gasteiger partial charge on any atom is 0.305 e. The third kappa shape index (κ3) is 3.90. The highest BCUT2D eigenvalue weighted by Crippen LogP contribution is 2.08. The Balaban J connectivity index is 2.71. The van der Waals surface area contributed by atoms with Crippen LogP contribution in [0.3, 0.4) is 0 Å². The van der Waals surface area contributed by atoms with Crippen molar-refractivity contribution in [2.24, 2.45) is 0 Å². The quantitative estimate of drug-likeness (QED) is 0.820. The van der Waals surface area contributed by atoms with Gasteiger partial charge in [-0.05, 0) is 25.0 Å². The minimum absolute atomic E-state index is 0.0475. The van der Waals surface area contributed by atoms with Crippen LogP contribution >= 0.6 is 0 Å². The Morgan fingerprint density at radius 3 is 2.53 bits per heavy atom. The molecule has 0 heterocycles. The molecule has 1 amide bonds. The van der Waals surface area contributed by atoms with Gasteiger partial charge >= 0.3 is 5.97 Å². The van der Waals surface area contributed by atoms with E-state index >= 15 is 0 Å². The fourth-order valence-corrected chi connectivity index (χ4v) is 1.60. The maximum absolute atomic E-state index is 11.9. The average molecular weight is 235 g/mol. The van der Waals surface area contributed by atoms with E-state index in [-0.39, 0.29) is 18.4 Å². The summed E-state index contributed by atoms with van der Waals surface area (Å²) in [5.74, 6) is -1.11. The van der Waals surface area contributed by atoms with Gasteiger partial charge in [0.2, 0.25) is 0 Å². The molecule has 1 aromatic carbocycles. The van der Waals surface area contributed by atoms with Crippen LogP contribution < -0.4 is 5.32 Å². The van der Waals surface area contributed by atoms with E-state index in [1.54, 1.807) is 12.1 Å². The molecule has 0 bridgehead atoms. The number of aryl methyl sites for hydroxylation is 1. The summed E-state index contributed by atoms with van der Waals surface area (Å²) in [6.45, 7) is 3.71. The normalized spacial score (nSPS) is 11.9. The van der Waals surface area contributed by atoms with Crippen LogP contribution in [0.15, 0.2) is 24.3 Å². The number of carboxylic acid groups (broad SMARTS) is 1. The molecular weight excluding hydrogens is 218 g/mol. The van der Waals surface area contributed by atoms with Crippen molar-refractivity contribution in [3.63, 3.8) is 0 Å². The van der Waals surface area contributed by atoms with Crippen molar-refractivity contribution in [3.05, 3.63) is 35.4 Å². The lowest BCUT2D eigenvalue weighted by atomic mass is 10.1. The predicted molar refractivity (Wildman–Crippen MR) is 65.0 cm³/mol. The molecule has 4 heteroatoms. The largest absolute Gasteiger partial charge is 0.481 e. The van der Waals surface area contributed by atoms with E-state index in [4.69, 9.17) is 5.11 Å². The van der Waals surface area contributed by atoms with Gasteiger partial charge < -0.3 is 10.4 Å². The molecule has 0 fully saturated rings. The van der Waals surface area contributed by atoms with E-state index in [2.05, 4.69) is 5.32 Å². The standard InChI is InChI=1S/C13H17NO3/c1-3-10(8-12(15)16)14-13(17)11-7-5-4-6-9(11)2/h4-7,10H,3,8H2,1-2H3,(H,14,17)(H,15,16). The molecular formula is C13H17NO3. The Hall–Kier alpha value is -1.84. The third-order valence-corrected chi connectivity index (χ3v) is 2.64. The lowest BCUT2D eigenvalue weighted by molar-refractivity contribution is -0.137. The van der Waals surface area contributed by atoms with E-state index in [0.717, 1.165) is 5.56 Å². The molecule has 1 aromatic rings. The minimum Gasteiger partial charge on any atom is -0.481 e. The third-order valence-electron chi connectivity index (χ3n) is 2.64. The first-order valence-corrected chi connectivity index (χ1v) is 5.63. The Bertz CT molecular complexity index is 415. The smallest absolute Gasteiger partial charge is 0.305 e. The van der Waals surface area contributed by atoms with Gasteiger partial charge in [0, 0.05) is 11.6 Å².